The second-order valence-corrected chi connectivity index (χ2v) is 4.56. The third-order valence-corrected chi connectivity index (χ3v) is 3.38. The number of urea groups is 1. The van der Waals surface area contributed by atoms with E-state index in [-0.39, 0.29) is 6.03 Å². The fourth-order valence-electron chi connectivity index (χ4n) is 2.25. The van der Waals surface area contributed by atoms with Crippen molar-refractivity contribution >= 4 is 6.03 Å². The van der Waals surface area contributed by atoms with Gasteiger partial charge in [0.2, 0.25) is 0 Å². The van der Waals surface area contributed by atoms with Crippen LogP contribution >= 0.6 is 0 Å². The van der Waals surface area contributed by atoms with E-state index in [2.05, 4.69) is 10.6 Å². The summed E-state index contributed by atoms with van der Waals surface area (Å²) in [6.45, 7) is 4.45. The maximum absolute atomic E-state index is 11.5. The summed E-state index contributed by atoms with van der Waals surface area (Å²) in [5.74, 6) is 0. The molecule has 2 fully saturated rings. The van der Waals surface area contributed by atoms with Gasteiger partial charge >= 0.3 is 6.03 Å². The average molecular weight is 211 g/mol. The van der Waals surface area contributed by atoms with E-state index >= 15 is 0 Å². The van der Waals surface area contributed by atoms with Crippen LogP contribution in [-0.2, 0) is 0 Å². The predicted octanol–water partition coefficient (Wildman–Crippen LogP) is 0.932. The minimum absolute atomic E-state index is 0.0930. The highest BCUT2D eigenvalue weighted by Gasteiger charge is 2.28. The monoisotopic (exact) mass is 211 g/mol. The van der Waals surface area contributed by atoms with Gasteiger partial charge in [-0.1, -0.05) is 6.42 Å². The lowest BCUT2D eigenvalue weighted by molar-refractivity contribution is 0.207. The third kappa shape index (κ3) is 2.62. The molecule has 1 saturated carbocycles. The van der Waals surface area contributed by atoms with Crippen LogP contribution in [0.15, 0.2) is 0 Å². The summed E-state index contributed by atoms with van der Waals surface area (Å²) >= 11 is 0. The maximum atomic E-state index is 11.5. The first-order chi connectivity index (χ1) is 7.29. The van der Waals surface area contributed by atoms with Gasteiger partial charge in [0.05, 0.1) is 0 Å². The van der Waals surface area contributed by atoms with Crippen molar-refractivity contribution < 1.29 is 4.79 Å². The van der Waals surface area contributed by atoms with Gasteiger partial charge in [-0.25, -0.2) is 4.79 Å². The van der Waals surface area contributed by atoms with Crippen LogP contribution in [0.4, 0.5) is 4.79 Å². The number of amides is 2. The molecule has 2 aliphatic rings. The van der Waals surface area contributed by atoms with Crippen molar-refractivity contribution in [2.75, 3.05) is 19.6 Å². The quantitative estimate of drug-likeness (QED) is 0.729. The predicted molar refractivity (Wildman–Crippen MR) is 59.8 cm³/mol. The molecule has 1 unspecified atom stereocenters. The van der Waals surface area contributed by atoms with Crippen molar-refractivity contribution in [2.24, 2.45) is 0 Å². The molecule has 1 saturated heterocycles. The lowest BCUT2D eigenvalue weighted by atomic mass is 9.92. The van der Waals surface area contributed by atoms with E-state index in [1.165, 1.54) is 19.3 Å². The lowest BCUT2D eigenvalue weighted by Crippen LogP contribution is -2.45. The summed E-state index contributed by atoms with van der Waals surface area (Å²) in [6.07, 6.45) is 5.10. The number of nitrogens with one attached hydrogen (secondary N) is 2. The highest BCUT2D eigenvalue weighted by molar-refractivity contribution is 5.74. The Balaban J connectivity index is 1.71. The molecule has 0 aromatic rings. The molecule has 1 heterocycles. The molecule has 2 N–H and O–H groups in total. The van der Waals surface area contributed by atoms with Crippen LogP contribution < -0.4 is 10.6 Å². The van der Waals surface area contributed by atoms with Crippen molar-refractivity contribution in [3.8, 4) is 0 Å². The molecule has 4 nitrogen and oxygen atoms in total. The zero-order valence-electron chi connectivity index (χ0n) is 9.46. The first kappa shape index (κ1) is 10.7. The highest BCUT2D eigenvalue weighted by Crippen LogP contribution is 2.20. The Kier molecular flexibility index (Phi) is 3.46. The molecule has 2 rings (SSSR count). The van der Waals surface area contributed by atoms with Gasteiger partial charge in [0, 0.05) is 31.7 Å². The molecular formula is C11H21N3O. The minimum atomic E-state index is 0.0930. The van der Waals surface area contributed by atoms with Crippen molar-refractivity contribution in [2.45, 2.75) is 44.7 Å². The van der Waals surface area contributed by atoms with Crippen LogP contribution in [0.3, 0.4) is 0 Å². The average Bonchev–Trinajstić information content (AvgIpc) is 2.60. The van der Waals surface area contributed by atoms with E-state index < -0.39 is 0 Å². The first-order valence-corrected chi connectivity index (χ1v) is 6.08. The van der Waals surface area contributed by atoms with Gasteiger partial charge in [0.25, 0.3) is 0 Å². The fourth-order valence-corrected chi connectivity index (χ4v) is 2.25. The molecule has 1 atom stereocenters. The van der Waals surface area contributed by atoms with E-state index in [1.54, 1.807) is 0 Å². The van der Waals surface area contributed by atoms with Crippen LogP contribution in [-0.4, -0.2) is 42.6 Å². The van der Waals surface area contributed by atoms with E-state index in [1.807, 2.05) is 11.8 Å². The molecule has 0 aromatic heterocycles. The van der Waals surface area contributed by atoms with E-state index in [9.17, 15) is 4.79 Å². The zero-order chi connectivity index (χ0) is 10.7. The SMILES string of the molecule is CCNC(=O)N1CCC(NC2CCC2)C1. The summed E-state index contributed by atoms with van der Waals surface area (Å²) in [5, 5.41) is 6.47. The van der Waals surface area contributed by atoms with Gasteiger partial charge in [-0.3, -0.25) is 0 Å². The molecule has 1 aliphatic carbocycles. The van der Waals surface area contributed by atoms with Crippen LogP contribution in [0.25, 0.3) is 0 Å². The Hall–Kier alpha value is -0.770. The number of hydrogen-bond donors (Lipinski definition) is 2. The van der Waals surface area contributed by atoms with Gasteiger partial charge in [0.1, 0.15) is 0 Å². The second-order valence-electron chi connectivity index (χ2n) is 4.56. The standard InChI is InChI=1S/C11H21N3O/c1-2-12-11(15)14-7-6-10(8-14)13-9-4-3-5-9/h9-10,13H,2-8H2,1H3,(H,12,15). The molecule has 0 spiro atoms. The smallest absolute Gasteiger partial charge is 0.317 e. The molecule has 4 heteroatoms. The van der Waals surface area contributed by atoms with E-state index in [0.29, 0.717) is 6.04 Å². The molecule has 0 bridgehead atoms. The van der Waals surface area contributed by atoms with E-state index in [4.69, 9.17) is 0 Å². The molecule has 86 valence electrons. The zero-order valence-corrected chi connectivity index (χ0v) is 9.46. The fraction of sp³-hybridized carbons (Fsp3) is 0.909. The van der Waals surface area contributed by atoms with E-state index in [0.717, 1.165) is 32.1 Å². The molecule has 0 radical (unpaired) electrons. The van der Waals surface area contributed by atoms with Crippen molar-refractivity contribution in [1.82, 2.24) is 15.5 Å². The second kappa shape index (κ2) is 4.84. The summed E-state index contributed by atoms with van der Waals surface area (Å²) in [5.41, 5.74) is 0. The Bertz CT molecular complexity index is 228. The largest absolute Gasteiger partial charge is 0.338 e. The Morgan fingerprint density at radius 3 is 2.73 bits per heavy atom. The van der Waals surface area contributed by atoms with Gasteiger partial charge in [-0.05, 0) is 26.2 Å². The van der Waals surface area contributed by atoms with Crippen LogP contribution in [0.5, 0.6) is 0 Å². The minimum Gasteiger partial charge on any atom is -0.338 e. The number of hydrogen-bond acceptors (Lipinski definition) is 2. The summed E-state index contributed by atoms with van der Waals surface area (Å²) < 4.78 is 0. The number of likely N-dealkylation sites (tertiary alicyclic amines) is 1. The number of rotatable bonds is 3. The number of carbonyl (C=O) groups excluding carboxylic acids is 1. The van der Waals surface area contributed by atoms with Crippen LogP contribution in [0.1, 0.15) is 32.6 Å². The molecule has 1 aliphatic heterocycles. The van der Waals surface area contributed by atoms with Crippen molar-refractivity contribution in [3.63, 3.8) is 0 Å². The van der Waals surface area contributed by atoms with Gasteiger partial charge in [-0.2, -0.15) is 0 Å². The van der Waals surface area contributed by atoms with Gasteiger partial charge < -0.3 is 15.5 Å². The number of nitrogens with zero attached hydrogens (tertiary/aromatic N) is 1. The Morgan fingerprint density at radius 1 is 1.33 bits per heavy atom. The molecule has 2 amide bonds. The number of carbonyl (C=O) groups is 1. The van der Waals surface area contributed by atoms with Crippen molar-refractivity contribution in [1.29, 1.82) is 0 Å². The van der Waals surface area contributed by atoms with Crippen LogP contribution in [0.2, 0.25) is 0 Å². The van der Waals surface area contributed by atoms with Gasteiger partial charge in [0.15, 0.2) is 0 Å². The summed E-state index contributed by atoms with van der Waals surface area (Å²) in [6, 6.07) is 1.34. The Morgan fingerprint density at radius 2 is 2.13 bits per heavy atom. The highest BCUT2D eigenvalue weighted by atomic mass is 16.2. The topological polar surface area (TPSA) is 44.4 Å². The normalized spacial score (nSPS) is 26.5. The first-order valence-electron chi connectivity index (χ1n) is 6.08. The molecular weight excluding hydrogens is 190 g/mol. The summed E-state index contributed by atoms with van der Waals surface area (Å²) in [7, 11) is 0. The molecule has 0 aromatic carbocycles. The Labute approximate surface area is 91.4 Å². The van der Waals surface area contributed by atoms with Crippen LogP contribution in [0, 0.1) is 0 Å². The maximum Gasteiger partial charge on any atom is 0.317 e. The van der Waals surface area contributed by atoms with Crippen molar-refractivity contribution in [3.05, 3.63) is 0 Å². The third-order valence-electron chi connectivity index (χ3n) is 3.38. The lowest BCUT2D eigenvalue weighted by Gasteiger charge is -2.29. The molecule has 15 heavy (non-hydrogen) atoms. The summed E-state index contributed by atoms with van der Waals surface area (Å²) in [4.78, 5) is 13.5. The van der Waals surface area contributed by atoms with Gasteiger partial charge in [-0.15, -0.1) is 0 Å².